The van der Waals surface area contributed by atoms with Gasteiger partial charge in [-0.05, 0) is 30.0 Å². The maximum Gasteiger partial charge on any atom is 0.318 e. The van der Waals surface area contributed by atoms with Gasteiger partial charge < -0.3 is 5.73 Å². The van der Waals surface area contributed by atoms with E-state index in [1.54, 1.807) is 22.8 Å². The summed E-state index contributed by atoms with van der Waals surface area (Å²) in [6.45, 7) is 8.12. The Bertz CT molecular complexity index is 927. The third-order valence-corrected chi connectivity index (χ3v) is 5.54. The summed E-state index contributed by atoms with van der Waals surface area (Å²) >= 11 is 7.17. The number of nitrogens with two attached hydrogens (primary N) is 1. The first-order valence-corrected chi connectivity index (χ1v) is 9.83. The first-order valence-electron chi connectivity index (χ1n) is 8.57. The van der Waals surface area contributed by atoms with Gasteiger partial charge in [-0.25, -0.2) is 9.78 Å². The molecule has 1 atom stereocenters. The molecule has 2 rings (SSSR count). The number of primary amides is 1. The second-order valence-electron chi connectivity index (χ2n) is 7.00. The lowest BCUT2D eigenvalue weighted by Gasteiger charge is -2.21. The second kappa shape index (κ2) is 8.75. The lowest BCUT2D eigenvalue weighted by atomic mass is 10.1. The molecule has 1 heterocycles. The summed E-state index contributed by atoms with van der Waals surface area (Å²) < 4.78 is 1.56. The normalized spacial score (nSPS) is 12.6. The number of hydrogen-bond acceptors (Lipinski definition) is 5. The number of urea groups is 1. The maximum absolute atomic E-state index is 13.0. The molecular formula is C18H23ClN4O3S. The number of rotatable bonds is 6. The van der Waals surface area contributed by atoms with Crippen molar-refractivity contribution in [3.05, 3.63) is 33.6 Å². The van der Waals surface area contributed by atoms with Crippen LogP contribution < -0.4 is 16.6 Å². The Hall–Kier alpha value is -2.06. The van der Waals surface area contributed by atoms with Crippen LogP contribution in [-0.4, -0.2) is 26.7 Å². The predicted molar refractivity (Wildman–Crippen MR) is 108 cm³/mol. The zero-order chi connectivity index (χ0) is 20.3. The van der Waals surface area contributed by atoms with E-state index in [1.165, 1.54) is 0 Å². The van der Waals surface area contributed by atoms with Crippen molar-refractivity contribution in [3.63, 3.8) is 0 Å². The molecule has 0 saturated carbocycles. The molecule has 0 aliphatic carbocycles. The number of thioether (sulfide) groups is 1. The minimum Gasteiger partial charge on any atom is -0.351 e. The van der Waals surface area contributed by atoms with Gasteiger partial charge in [0.25, 0.3) is 5.56 Å². The first-order chi connectivity index (χ1) is 12.6. The summed E-state index contributed by atoms with van der Waals surface area (Å²) in [5.41, 5.74) is 5.36. The number of imide groups is 1. The first kappa shape index (κ1) is 21.2. The van der Waals surface area contributed by atoms with Crippen molar-refractivity contribution in [2.45, 2.75) is 44.6 Å². The van der Waals surface area contributed by atoms with Crippen LogP contribution in [0.25, 0.3) is 10.9 Å². The standard InChI is InChI=1S/C18H23ClN4O3S/c1-9(2)8-23-16(25)12-7-11(19)5-6-13(12)21-18(23)27-14(10(3)4)15(24)22-17(20)26/h5-7,9-10,14H,8H2,1-4H3,(H3,20,22,24,26)/t14-/m1/s1. The number of nitrogens with zero attached hydrogens (tertiary/aromatic N) is 2. The van der Waals surface area contributed by atoms with Crippen LogP contribution in [0, 0.1) is 11.8 Å². The fraction of sp³-hybridized carbons (Fsp3) is 0.444. The van der Waals surface area contributed by atoms with Crippen LogP contribution in [0.4, 0.5) is 4.79 Å². The summed E-state index contributed by atoms with van der Waals surface area (Å²) in [6, 6.07) is 4.03. The average molecular weight is 411 g/mol. The molecule has 0 aliphatic heterocycles. The lowest BCUT2D eigenvalue weighted by Crippen LogP contribution is -2.42. The molecule has 146 valence electrons. The molecule has 1 aromatic carbocycles. The molecule has 0 spiro atoms. The molecule has 2 aromatic rings. The van der Waals surface area contributed by atoms with E-state index in [0.717, 1.165) is 11.8 Å². The fourth-order valence-electron chi connectivity index (χ4n) is 2.59. The summed E-state index contributed by atoms with van der Waals surface area (Å²) in [4.78, 5) is 41.0. The minimum absolute atomic E-state index is 0.111. The van der Waals surface area contributed by atoms with Gasteiger partial charge in [0.15, 0.2) is 5.16 Å². The van der Waals surface area contributed by atoms with Crippen LogP contribution in [0.15, 0.2) is 28.2 Å². The van der Waals surface area contributed by atoms with E-state index in [4.69, 9.17) is 17.3 Å². The number of carbonyl (C=O) groups is 2. The van der Waals surface area contributed by atoms with Crippen LogP contribution in [0.1, 0.15) is 27.7 Å². The van der Waals surface area contributed by atoms with Gasteiger partial charge in [0.05, 0.1) is 16.2 Å². The zero-order valence-corrected chi connectivity index (χ0v) is 17.2. The largest absolute Gasteiger partial charge is 0.351 e. The molecule has 0 fully saturated rings. The van der Waals surface area contributed by atoms with Crippen molar-refractivity contribution < 1.29 is 9.59 Å². The summed E-state index contributed by atoms with van der Waals surface area (Å²) in [5.74, 6) is -0.429. The molecule has 27 heavy (non-hydrogen) atoms. The second-order valence-corrected chi connectivity index (χ2v) is 8.55. The quantitative estimate of drug-likeness (QED) is 0.562. The minimum atomic E-state index is -0.910. The number of nitrogens with one attached hydrogen (secondary N) is 1. The van der Waals surface area contributed by atoms with Gasteiger partial charge in [0, 0.05) is 11.6 Å². The van der Waals surface area contributed by atoms with E-state index in [0.29, 0.717) is 27.6 Å². The average Bonchev–Trinajstić information content (AvgIpc) is 2.55. The monoisotopic (exact) mass is 410 g/mol. The fourth-order valence-corrected chi connectivity index (χ4v) is 3.86. The molecule has 0 bridgehead atoms. The van der Waals surface area contributed by atoms with Gasteiger partial charge in [-0.3, -0.25) is 19.5 Å². The summed E-state index contributed by atoms with van der Waals surface area (Å²) in [6.07, 6.45) is 0. The molecule has 0 unspecified atom stereocenters. The number of halogens is 1. The van der Waals surface area contributed by atoms with Crippen molar-refractivity contribution >= 4 is 46.2 Å². The molecule has 1 aromatic heterocycles. The Kier molecular flexibility index (Phi) is 6.89. The molecule has 3 N–H and O–H groups in total. The van der Waals surface area contributed by atoms with Crippen LogP contribution in [0.3, 0.4) is 0 Å². The van der Waals surface area contributed by atoms with Crippen LogP contribution >= 0.6 is 23.4 Å². The van der Waals surface area contributed by atoms with Gasteiger partial charge in [-0.2, -0.15) is 0 Å². The molecule has 3 amide bonds. The third kappa shape index (κ3) is 5.23. The van der Waals surface area contributed by atoms with Crippen molar-refractivity contribution in [1.29, 1.82) is 0 Å². The van der Waals surface area contributed by atoms with Gasteiger partial charge in [0.2, 0.25) is 5.91 Å². The van der Waals surface area contributed by atoms with Gasteiger partial charge >= 0.3 is 6.03 Å². The molecule has 9 heteroatoms. The van der Waals surface area contributed by atoms with Crippen molar-refractivity contribution in [1.82, 2.24) is 14.9 Å². The number of benzene rings is 1. The molecule has 0 aliphatic rings. The van der Waals surface area contributed by atoms with Crippen molar-refractivity contribution in [3.8, 4) is 0 Å². The zero-order valence-electron chi connectivity index (χ0n) is 15.7. The Balaban J connectivity index is 2.57. The highest BCUT2D eigenvalue weighted by Crippen LogP contribution is 2.28. The van der Waals surface area contributed by atoms with Gasteiger partial charge in [0.1, 0.15) is 0 Å². The van der Waals surface area contributed by atoms with Crippen molar-refractivity contribution in [2.75, 3.05) is 0 Å². The Morgan fingerprint density at radius 2 is 1.96 bits per heavy atom. The van der Waals surface area contributed by atoms with E-state index in [-0.39, 0.29) is 17.4 Å². The van der Waals surface area contributed by atoms with Gasteiger partial charge in [-0.15, -0.1) is 0 Å². The number of amides is 3. The van der Waals surface area contributed by atoms with E-state index < -0.39 is 17.2 Å². The molecule has 0 saturated heterocycles. The smallest absolute Gasteiger partial charge is 0.318 e. The van der Waals surface area contributed by atoms with Crippen LogP contribution in [0.2, 0.25) is 5.02 Å². The van der Waals surface area contributed by atoms with E-state index >= 15 is 0 Å². The summed E-state index contributed by atoms with van der Waals surface area (Å²) in [5, 5.41) is 2.78. The third-order valence-electron chi connectivity index (χ3n) is 3.77. The highest BCUT2D eigenvalue weighted by molar-refractivity contribution is 8.00. The summed E-state index contributed by atoms with van der Waals surface area (Å²) in [7, 11) is 0. The Morgan fingerprint density at radius 3 is 2.52 bits per heavy atom. The predicted octanol–water partition coefficient (Wildman–Crippen LogP) is 3.02. The van der Waals surface area contributed by atoms with E-state index in [1.807, 2.05) is 27.7 Å². The van der Waals surface area contributed by atoms with Crippen LogP contribution in [-0.2, 0) is 11.3 Å². The maximum atomic E-state index is 13.0. The lowest BCUT2D eigenvalue weighted by molar-refractivity contribution is -0.120. The highest BCUT2D eigenvalue weighted by Gasteiger charge is 2.27. The molecular weight excluding hydrogens is 388 g/mol. The molecule has 7 nitrogen and oxygen atoms in total. The Labute approximate surface area is 166 Å². The van der Waals surface area contributed by atoms with E-state index in [2.05, 4.69) is 10.3 Å². The SMILES string of the molecule is CC(C)Cn1c(S[C@@H](C(=O)NC(N)=O)C(C)C)nc2ccc(Cl)cc2c1=O. The number of carbonyl (C=O) groups excluding carboxylic acids is 2. The van der Waals surface area contributed by atoms with Crippen molar-refractivity contribution in [2.24, 2.45) is 17.6 Å². The number of aromatic nitrogens is 2. The number of hydrogen-bond donors (Lipinski definition) is 2. The molecule has 0 radical (unpaired) electrons. The topological polar surface area (TPSA) is 107 Å². The Morgan fingerprint density at radius 1 is 1.30 bits per heavy atom. The van der Waals surface area contributed by atoms with Crippen LogP contribution in [0.5, 0.6) is 0 Å². The van der Waals surface area contributed by atoms with E-state index in [9.17, 15) is 14.4 Å². The number of fused-ring (bicyclic) bond motifs is 1. The van der Waals surface area contributed by atoms with Gasteiger partial charge in [-0.1, -0.05) is 51.1 Å². The highest BCUT2D eigenvalue weighted by atomic mass is 35.5.